The fourth-order valence-electron chi connectivity index (χ4n) is 0.863. The fourth-order valence-corrected chi connectivity index (χ4v) is 0.863. The molecule has 0 amide bonds. The van der Waals surface area contributed by atoms with E-state index in [9.17, 15) is 0 Å². The van der Waals surface area contributed by atoms with Gasteiger partial charge >= 0.3 is 0 Å². The van der Waals surface area contributed by atoms with Gasteiger partial charge in [0.2, 0.25) is 0 Å². The van der Waals surface area contributed by atoms with Crippen molar-refractivity contribution in [2.45, 2.75) is 19.5 Å². The lowest BCUT2D eigenvalue weighted by Gasteiger charge is -2.06. The number of nitrogens with zero attached hydrogens (tertiary/aromatic N) is 2. The highest BCUT2D eigenvalue weighted by Crippen LogP contribution is 1.93. The molecular formula is C7H13N3O. The van der Waals surface area contributed by atoms with Gasteiger partial charge in [-0.05, 0) is 13.0 Å². The molecular weight excluding hydrogens is 142 g/mol. The summed E-state index contributed by atoms with van der Waals surface area (Å²) in [4.78, 5) is 0. The van der Waals surface area contributed by atoms with Crippen molar-refractivity contribution in [3.8, 4) is 0 Å². The maximum Gasteiger partial charge on any atom is 0.0600 e. The number of nitrogens with two attached hydrogens (primary N) is 1. The van der Waals surface area contributed by atoms with Crippen molar-refractivity contribution in [1.29, 1.82) is 0 Å². The number of hydrogen-bond donors (Lipinski definition) is 2. The first-order chi connectivity index (χ1) is 5.22. The Bertz CT molecular complexity index is 221. The van der Waals surface area contributed by atoms with Crippen LogP contribution in [0.15, 0.2) is 12.3 Å². The van der Waals surface area contributed by atoms with Crippen molar-refractivity contribution in [2.75, 3.05) is 6.61 Å². The van der Waals surface area contributed by atoms with Gasteiger partial charge in [-0.1, -0.05) is 0 Å². The maximum absolute atomic E-state index is 8.64. The van der Waals surface area contributed by atoms with Crippen LogP contribution in [-0.2, 0) is 6.54 Å². The monoisotopic (exact) mass is 155 g/mol. The van der Waals surface area contributed by atoms with Crippen molar-refractivity contribution >= 4 is 0 Å². The second-order valence-corrected chi connectivity index (χ2v) is 2.62. The Labute approximate surface area is 65.6 Å². The zero-order valence-electron chi connectivity index (χ0n) is 6.57. The van der Waals surface area contributed by atoms with Crippen LogP contribution in [0.1, 0.15) is 5.69 Å². The number of aliphatic hydroxyl groups is 1. The van der Waals surface area contributed by atoms with Gasteiger partial charge in [0.15, 0.2) is 0 Å². The van der Waals surface area contributed by atoms with E-state index in [4.69, 9.17) is 10.8 Å². The molecule has 0 bridgehead atoms. The van der Waals surface area contributed by atoms with Crippen LogP contribution < -0.4 is 5.73 Å². The van der Waals surface area contributed by atoms with E-state index in [0.29, 0.717) is 6.54 Å². The topological polar surface area (TPSA) is 64.1 Å². The molecule has 1 aromatic heterocycles. The molecule has 62 valence electrons. The molecule has 0 aliphatic carbocycles. The summed E-state index contributed by atoms with van der Waals surface area (Å²) in [5, 5.41) is 12.8. The van der Waals surface area contributed by atoms with E-state index in [1.54, 1.807) is 4.68 Å². The Morgan fingerprint density at radius 3 is 3.00 bits per heavy atom. The Morgan fingerprint density at radius 1 is 1.82 bits per heavy atom. The second kappa shape index (κ2) is 3.50. The standard InChI is InChI=1S/C7H13N3O/c1-6-2-3-10(9-6)4-7(8)5-11/h2-3,7,11H,4-5,8H2,1H3. The zero-order chi connectivity index (χ0) is 8.27. The normalized spacial score (nSPS) is 13.4. The molecule has 3 N–H and O–H groups in total. The Kier molecular flexibility index (Phi) is 2.62. The number of hydrogen-bond acceptors (Lipinski definition) is 3. The number of aromatic nitrogens is 2. The Hall–Kier alpha value is -0.870. The second-order valence-electron chi connectivity index (χ2n) is 2.62. The molecule has 0 aromatic carbocycles. The van der Waals surface area contributed by atoms with E-state index < -0.39 is 0 Å². The molecule has 4 heteroatoms. The Balaban J connectivity index is 2.50. The van der Waals surface area contributed by atoms with Crippen LogP contribution in [0, 0.1) is 6.92 Å². The largest absolute Gasteiger partial charge is 0.395 e. The van der Waals surface area contributed by atoms with Gasteiger partial charge in [0.1, 0.15) is 0 Å². The van der Waals surface area contributed by atoms with Gasteiger partial charge in [-0.2, -0.15) is 5.10 Å². The third kappa shape index (κ3) is 2.32. The van der Waals surface area contributed by atoms with Crippen LogP contribution in [0.2, 0.25) is 0 Å². The highest BCUT2D eigenvalue weighted by Gasteiger charge is 2.01. The third-order valence-corrected chi connectivity index (χ3v) is 1.43. The minimum absolute atomic E-state index is 0.00108. The van der Waals surface area contributed by atoms with Crippen molar-refractivity contribution in [1.82, 2.24) is 9.78 Å². The van der Waals surface area contributed by atoms with Crippen molar-refractivity contribution in [3.63, 3.8) is 0 Å². The van der Waals surface area contributed by atoms with Crippen molar-refractivity contribution in [3.05, 3.63) is 18.0 Å². The molecule has 4 nitrogen and oxygen atoms in total. The van der Waals surface area contributed by atoms with Crippen LogP contribution in [0.25, 0.3) is 0 Å². The molecule has 0 aliphatic rings. The van der Waals surface area contributed by atoms with E-state index >= 15 is 0 Å². The van der Waals surface area contributed by atoms with Gasteiger partial charge in [0.05, 0.1) is 18.8 Å². The van der Waals surface area contributed by atoms with E-state index in [-0.39, 0.29) is 12.6 Å². The SMILES string of the molecule is Cc1ccn(CC(N)CO)n1. The summed E-state index contributed by atoms with van der Waals surface area (Å²) in [5.41, 5.74) is 6.47. The average molecular weight is 155 g/mol. The molecule has 0 radical (unpaired) electrons. The summed E-state index contributed by atoms with van der Waals surface area (Å²) in [6.07, 6.45) is 1.85. The summed E-state index contributed by atoms with van der Waals surface area (Å²) >= 11 is 0. The van der Waals surface area contributed by atoms with Crippen LogP contribution in [-0.4, -0.2) is 27.5 Å². The van der Waals surface area contributed by atoms with Crippen LogP contribution in [0.4, 0.5) is 0 Å². The molecule has 0 spiro atoms. The molecule has 0 saturated carbocycles. The third-order valence-electron chi connectivity index (χ3n) is 1.43. The molecule has 1 rings (SSSR count). The summed E-state index contributed by atoms with van der Waals surface area (Å²) in [5.74, 6) is 0. The summed E-state index contributed by atoms with van der Waals surface area (Å²) in [6.45, 7) is 2.49. The van der Waals surface area contributed by atoms with E-state index in [1.807, 2.05) is 19.2 Å². The highest BCUT2D eigenvalue weighted by molar-refractivity contribution is 4.94. The van der Waals surface area contributed by atoms with Crippen molar-refractivity contribution in [2.24, 2.45) is 5.73 Å². The lowest BCUT2D eigenvalue weighted by Crippen LogP contribution is -2.30. The lowest BCUT2D eigenvalue weighted by atomic mass is 10.3. The molecule has 0 aliphatic heterocycles. The van der Waals surface area contributed by atoms with Gasteiger partial charge in [-0.3, -0.25) is 4.68 Å². The minimum atomic E-state index is -0.214. The molecule has 11 heavy (non-hydrogen) atoms. The van der Waals surface area contributed by atoms with Crippen LogP contribution >= 0.6 is 0 Å². The van der Waals surface area contributed by atoms with Gasteiger partial charge < -0.3 is 10.8 Å². The van der Waals surface area contributed by atoms with Gasteiger partial charge in [-0.15, -0.1) is 0 Å². The van der Waals surface area contributed by atoms with Crippen LogP contribution in [0.3, 0.4) is 0 Å². The predicted molar refractivity (Wildman–Crippen MR) is 42.0 cm³/mol. The van der Waals surface area contributed by atoms with Gasteiger partial charge in [0, 0.05) is 12.2 Å². The zero-order valence-corrected chi connectivity index (χ0v) is 6.57. The predicted octanol–water partition coefficient (Wildman–Crippen LogP) is -0.489. The first-order valence-corrected chi connectivity index (χ1v) is 3.59. The maximum atomic E-state index is 8.64. The van der Waals surface area contributed by atoms with Crippen LogP contribution in [0.5, 0.6) is 0 Å². The molecule has 0 fully saturated rings. The van der Waals surface area contributed by atoms with Gasteiger partial charge in [0.25, 0.3) is 0 Å². The smallest absolute Gasteiger partial charge is 0.0600 e. The van der Waals surface area contributed by atoms with E-state index in [2.05, 4.69) is 5.10 Å². The Morgan fingerprint density at radius 2 is 2.55 bits per heavy atom. The first kappa shape index (κ1) is 8.23. The average Bonchev–Trinajstić information content (AvgIpc) is 2.35. The molecule has 1 atom stereocenters. The molecule has 1 heterocycles. The summed E-state index contributed by atoms with van der Waals surface area (Å²) < 4.78 is 1.73. The van der Waals surface area contributed by atoms with E-state index in [1.165, 1.54) is 0 Å². The number of aliphatic hydroxyl groups excluding tert-OH is 1. The molecule has 0 saturated heterocycles. The lowest BCUT2D eigenvalue weighted by molar-refractivity contribution is 0.250. The summed E-state index contributed by atoms with van der Waals surface area (Å²) in [7, 11) is 0. The first-order valence-electron chi connectivity index (χ1n) is 3.59. The van der Waals surface area contributed by atoms with Gasteiger partial charge in [-0.25, -0.2) is 0 Å². The van der Waals surface area contributed by atoms with Crippen molar-refractivity contribution < 1.29 is 5.11 Å². The minimum Gasteiger partial charge on any atom is -0.395 e. The quantitative estimate of drug-likeness (QED) is 0.619. The number of aryl methyl sites for hydroxylation is 1. The fraction of sp³-hybridized carbons (Fsp3) is 0.571. The molecule has 1 unspecified atom stereocenters. The van der Waals surface area contributed by atoms with E-state index in [0.717, 1.165) is 5.69 Å². The summed E-state index contributed by atoms with van der Waals surface area (Å²) in [6, 6.07) is 1.69. The molecule has 1 aromatic rings. The highest BCUT2D eigenvalue weighted by atomic mass is 16.3. The number of rotatable bonds is 3.